The average molecular weight is 353 g/mol. The summed E-state index contributed by atoms with van der Waals surface area (Å²) in [6, 6.07) is 13.3. The second-order valence-electron chi connectivity index (χ2n) is 6.07. The van der Waals surface area contributed by atoms with Crippen molar-refractivity contribution in [2.45, 2.75) is 12.3 Å². The SMILES string of the molecule is COc1ccc(-c2nc(C3CC(=O)N(c4cccc(F)c4)C3)no2)cc1. The lowest BCUT2D eigenvalue weighted by molar-refractivity contribution is -0.117. The quantitative estimate of drug-likeness (QED) is 0.719. The van der Waals surface area contributed by atoms with E-state index in [0.717, 1.165) is 11.3 Å². The normalized spacial score (nSPS) is 16.9. The Bertz CT molecular complexity index is 939. The van der Waals surface area contributed by atoms with E-state index >= 15 is 0 Å². The molecule has 0 bridgehead atoms. The summed E-state index contributed by atoms with van der Waals surface area (Å²) < 4.78 is 23.9. The van der Waals surface area contributed by atoms with Crippen LogP contribution in [-0.2, 0) is 4.79 Å². The summed E-state index contributed by atoms with van der Waals surface area (Å²) in [4.78, 5) is 18.3. The monoisotopic (exact) mass is 353 g/mol. The molecule has 2 aromatic carbocycles. The van der Waals surface area contributed by atoms with Crippen LogP contribution in [0.3, 0.4) is 0 Å². The molecule has 0 radical (unpaired) electrons. The first kappa shape index (κ1) is 16.3. The van der Waals surface area contributed by atoms with Gasteiger partial charge in [-0.2, -0.15) is 4.98 Å². The van der Waals surface area contributed by atoms with Crippen LogP contribution in [0.4, 0.5) is 10.1 Å². The zero-order chi connectivity index (χ0) is 18.1. The Labute approximate surface area is 149 Å². The lowest BCUT2D eigenvalue weighted by atomic mass is 10.1. The Morgan fingerprint density at radius 3 is 2.77 bits per heavy atom. The van der Waals surface area contributed by atoms with E-state index in [0.29, 0.717) is 23.9 Å². The molecule has 1 fully saturated rings. The van der Waals surface area contributed by atoms with Crippen molar-refractivity contribution in [3.63, 3.8) is 0 Å². The Kier molecular flexibility index (Phi) is 4.12. The van der Waals surface area contributed by atoms with Crippen LogP contribution >= 0.6 is 0 Å². The third kappa shape index (κ3) is 3.03. The zero-order valence-corrected chi connectivity index (χ0v) is 14.1. The Balaban J connectivity index is 1.53. The van der Waals surface area contributed by atoms with Gasteiger partial charge in [-0.3, -0.25) is 4.79 Å². The minimum absolute atomic E-state index is 0.0867. The fourth-order valence-corrected chi connectivity index (χ4v) is 3.03. The number of methoxy groups -OCH3 is 1. The minimum Gasteiger partial charge on any atom is -0.497 e. The maximum absolute atomic E-state index is 13.4. The predicted molar refractivity (Wildman–Crippen MR) is 92.4 cm³/mol. The molecule has 26 heavy (non-hydrogen) atoms. The van der Waals surface area contributed by atoms with E-state index in [9.17, 15) is 9.18 Å². The molecule has 6 nitrogen and oxygen atoms in total. The van der Waals surface area contributed by atoms with Gasteiger partial charge < -0.3 is 14.2 Å². The molecule has 0 aliphatic carbocycles. The van der Waals surface area contributed by atoms with Crippen LogP contribution < -0.4 is 9.64 Å². The number of benzene rings is 2. The largest absolute Gasteiger partial charge is 0.497 e. The molecule has 0 spiro atoms. The third-order valence-electron chi connectivity index (χ3n) is 4.39. The molecular formula is C19H16FN3O3. The number of hydrogen-bond donors (Lipinski definition) is 0. The smallest absolute Gasteiger partial charge is 0.257 e. The summed E-state index contributed by atoms with van der Waals surface area (Å²) in [6.45, 7) is 0.393. The highest BCUT2D eigenvalue weighted by Crippen LogP contribution is 2.32. The highest BCUT2D eigenvalue weighted by Gasteiger charge is 2.34. The number of carbonyl (C=O) groups excluding carboxylic acids is 1. The Morgan fingerprint density at radius 2 is 2.04 bits per heavy atom. The molecule has 1 aromatic heterocycles. The molecule has 1 aliphatic rings. The van der Waals surface area contributed by atoms with Gasteiger partial charge in [0.1, 0.15) is 11.6 Å². The van der Waals surface area contributed by atoms with Gasteiger partial charge in [0.25, 0.3) is 5.89 Å². The molecule has 0 saturated carbocycles. The van der Waals surface area contributed by atoms with Crippen LogP contribution in [0.15, 0.2) is 53.1 Å². The van der Waals surface area contributed by atoms with Gasteiger partial charge in [0.2, 0.25) is 5.91 Å². The zero-order valence-electron chi connectivity index (χ0n) is 14.1. The van der Waals surface area contributed by atoms with Gasteiger partial charge in [0.15, 0.2) is 5.82 Å². The number of hydrogen-bond acceptors (Lipinski definition) is 5. The number of aromatic nitrogens is 2. The summed E-state index contributed by atoms with van der Waals surface area (Å²) in [5, 5.41) is 4.03. The summed E-state index contributed by atoms with van der Waals surface area (Å²) >= 11 is 0. The summed E-state index contributed by atoms with van der Waals surface area (Å²) in [7, 11) is 1.60. The van der Waals surface area contributed by atoms with Crippen molar-refractivity contribution in [1.82, 2.24) is 10.1 Å². The molecule has 7 heteroatoms. The molecule has 4 rings (SSSR count). The van der Waals surface area contributed by atoms with Crippen LogP contribution in [0.5, 0.6) is 5.75 Å². The van der Waals surface area contributed by atoms with E-state index in [1.165, 1.54) is 12.1 Å². The number of ether oxygens (including phenoxy) is 1. The molecule has 1 atom stereocenters. The number of amides is 1. The molecule has 1 saturated heterocycles. The maximum atomic E-state index is 13.4. The third-order valence-corrected chi connectivity index (χ3v) is 4.39. The number of halogens is 1. The van der Waals surface area contributed by atoms with Crippen molar-refractivity contribution < 1.29 is 18.4 Å². The van der Waals surface area contributed by atoms with Crippen molar-refractivity contribution in [1.29, 1.82) is 0 Å². The van der Waals surface area contributed by atoms with Gasteiger partial charge >= 0.3 is 0 Å². The first-order valence-electron chi connectivity index (χ1n) is 8.18. The first-order valence-corrected chi connectivity index (χ1v) is 8.18. The van der Waals surface area contributed by atoms with Gasteiger partial charge in [-0.25, -0.2) is 4.39 Å². The fourth-order valence-electron chi connectivity index (χ4n) is 3.03. The predicted octanol–water partition coefficient (Wildman–Crippen LogP) is 3.40. The van der Waals surface area contributed by atoms with Crippen molar-refractivity contribution in [3.8, 4) is 17.2 Å². The summed E-state index contributed by atoms with van der Waals surface area (Å²) in [6.07, 6.45) is 0.262. The molecular weight excluding hydrogens is 337 g/mol. The molecule has 3 aromatic rings. The van der Waals surface area contributed by atoms with Gasteiger partial charge in [-0.15, -0.1) is 0 Å². The van der Waals surface area contributed by atoms with Crippen LogP contribution in [0.2, 0.25) is 0 Å². The standard InChI is InChI=1S/C19H16FN3O3/c1-25-16-7-5-12(6-8-16)19-21-18(22-26-19)13-9-17(24)23(11-13)15-4-2-3-14(20)10-15/h2-8,10,13H,9,11H2,1H3. The van der Waals surface area contributed by atoms with Crippen molar-refractivity contribution in [2.24, 2.45) is 0 Å². The molecule has 0 N–H and O–H groups in total. The van der Waals surface area contributed by atoms with E-state index in [-0.39, 0.29) is 24.1 Å². The summed E-state index contributed by atoms with van der Waals surface area (Å²) in [5.41, 5.74) is 1.31. The van der Waals surface area contributed by atoms with Crippen molar-refractivity contribution in [3.05, 3.63) is 60.2 Å². The van der Waals surface area contributed by atoms with Crippen LogP contribution in [0.1, 0.15) is 18.2 Å². The average Bonchev–Trinajstić information content (AvgIpc) is 3.29. The highest BCUT2D eigenvalue weighted by molar-refractivity contribution is 5.96. The summed E-state index contributed by atoms with van der Waals surface area (Å²) in [5.74, 6) is 0.945. The fraction of sp³-hybridized carbons (Fsp3) is 0.211. The molecule has 132 valence electrons. The number of anilines is 1. The van der Waals surface area contributed by atoms with E-state index < -0.39 is 0 Å². The first-order chi connectivity index (χ1) is 12.6. The minimum atomic E-state index is -0.375. The second kappa shape index (κ2) is 6.59. The van der Waals surface area contributed by atoms with E-state index in [4.69, 9.17) is 9.26 Å². The molecule has 1 aliphatic heterocycles. The Morgan fingerprint density at radius 1 is 1.23 bits per heavy atom. The lowest BCUT2D eigenvalue weighted by Crippen LogP contribution is -2.24. The second-order valence-corrected chi connectivity index (χ2v) is 6.07. The van der Waals surface area contributed by atoms with E-state index in [1.54, 1.807) is 24.1 Å². The van der Waals surface area contributed by atoms with Crippen LogP contribution in [-0.4, -0.2) is 29.7 Å². The van der Waals surface area contributed by atoms with Crippen LogP contribution in [0.25, 0.3) is 11.5 Å². The van der Waals surface area contributed by atoms with Crippen molar-refractivity contribution in [2.75, 3.05) is 18.6 Å². The molecule has 2 heterocycles. The lowest BCUT2D eigenvalue weighted by Gasteiger charge is -2.15. The van der Waals surface area contributed by atoms with E-state index in [2.05, 4.69) is 10.1 Å². The van der Waals surface area contributed by atoms with Gasteiger partial charge in [-0.1, -0.05) is 11.2 Å². The highest BCUT2D eigenvalue weighted by atomic mass is 19.1. The van der Waals surface area contributed by atoms with Crippen LogP contribution in [0, 0.1) is 5.82 Å². The van der Waals surface area contributed by atoms with Gasteiger partial charge in [0, 0.05) is 30.1 Å². The number of nitrogens with zero attached hydrogens (tertiary/aromatic N) is 3. The maximum Gasteiger partial charge on any atom is 0.257 e. The van der Waals surface area contributed by atoms with E-state index in [1.807, 2.05) is 24.3 Å². The van der Waals surface area contributed by atoms with Gasteiger partial charge in [-0.05, 0) is 42.5 Å². The van der Waals surface area contributed by atoms with Gasteiger partial charge in [0.05, 0.1) is 7.11 Å². The molecule has 1 unspecified atom stereocenters. The van der Waals surface area contributed by atoms with Crippen molar-refractivity contribution >= 4 is 11.6 Å². The Hall–Kier alpha value is -3.22. The number of carbonyl (C=O) groups is 1. The number of rotatable bonds is 4. The molecule has 1 amide bonds. The topological polar surface area (TPSA) is 68.5 Å².